The van der Waals surface area contributed by atoms with Gasteiger partial charge >= 0.3 is 12.0 Å². The minimum atomic E-state index is -1.07. The van der Waals surface area contributed by atoms with Gasteiger partial charge in [0.1, 0.15) is 0 Å². The van der Waals surface area contributed by atoms with Crippen molar-refractivity contribution in [2.75, 3.05) is 18.4 Å². The van der Waals surface area contributed by atoms with Crippen LogP contribution >= 0.6 is 15.9 Å². The molecule has 0 spiro atoms. The summed E-state index contributed by atoms with van der Waals surface area (Å²) in [4.78, 5) is 24.6. The summed E-state index contributed by atoms with van der Waals surface area (Å²) in [6.45, 7) is 4.31. The number of urea groups is 1. The van der Waals surface area contributed by atoms with Gasteiger partial charge in [0, 0.05) is 17.6 Å². The van der Waals surface area contributed by atoms with E-state index >= 15 is 0 Å². The Bertz CT molecular complexity index is 583. The summed E-state index contributed by atoms with van der Waals surface area (Å²) in [6, 6.07) is 6.09. The molecule has 1 aromatic rings. The molecule has 0 bridgehead atoms. The molecule has 6 nitrogen and oxygen atoms in total. The summed E-state index contributed by atoms with van der Waals surface area (Å²) in [5, 5.41) is 20.4. The number of carbonyl (C=O) groups excluding carboxylic acids is 1. The molecule has 112 valence electrons. The predicted octanol–water partition coefficient (Wildman–Crippen LogP) is 3.16. The topological polar surface area (TPSA) is 93.4 Å². The lowest BCUT2D eigenvalue weighted by Crippen LogP contribution is -2.37. The van der Waals surface area contributed by atoms with Crippen LogP contribution in [0.5, 0.6) is 0 Å². The number of hydrogen-bond acceptors (Lipinski definition) is 3. The van der Waals surface area contributed by atoms with Crippen LogP contribution in [0, 0.1) is 17.2 Å². The van der Waals surface area contributed by atoms with Gasteiger partial charge in [-0.25, -0.2) is 9.59 Å². The van der Waals surface area contributed by atoms with Crippen molar-refractivity contribution in [2.45, 2.75) is 13.8 Å². The third-order valence-electron chi connectivity index (χ3n) is 2.84. The summed E-state index contributed by atoms with van der Waals surface area (Å²) in [5.74, 6) is -1.34. The van der Waals surface area contributed by atoms with Gasteiger partial charge in [0.05, 0.1) is 23.2 Å². The van der Waals surface area contributed by atoms with Crippen molar-refractivity contribution in [1.29, 1.82) is 5.26 Å². The minimum absolute atomic E-state index is 0.0851. The molecule has 0 aliphatic carbocycles. The fraction of sp³-hybridized carbons (Fsp3) is 0.357. The van der Waals surface area contributed by atoms with Crippen LogP contribution in [-0.4, -0.2) is 35.1 Å². The van der Waals surface area contributed by atoms with Crippen molar-refractivity contribution in [3.05, 3.63) is 28.2 Å². The summed E-state index contributed by atoms with van der Waals surface area (Å²) in [5.41, 5.74) is 0.463. The number of anilines is 1. The van der Waals surface area contributed by atoms with Crippen molar-refractivity contribution < 1.29 is 14.7 Å². The van der Waals surface area contributed by atoms with E-state index in [4.69, 9.17) is 10.4 Å². The van der Waals surface area contributed by atoms with E-state index in [0.29, 0.717) is 23.2 Å². The zero-order valence-electron chi connectivity index (χ0n) is 11.8. The van der Waals surface area contributed by atoms with E-state index in [1.807, 2.05) is 6.92 Å². The van der Waals surface area contributed by atoms with Crippen molar-refractivity contribution in [3.63, 3.8) is 0 Å². The van der Waals surface area contributed by atoms with E-state index in [-0.39, 0.29) is 17.5 Å². The molecule has 0 aliphatic heterocycles. The number of halogens is 1. The molecule has 1 aromatic carbocycles. The normalized spacial score (nSPS) is 11.3. The largest absolute Gasteiger partial charge is 0.478 e. The Kier molecular flexibility index (Phi) is 6.18. The van der Waals surface area contributed by atoms with E-state index in [0.717, 1.165) is 0 Å². The minimum Gasteiger partial charge on any atom is -0.478 e. The van der Waals surface area contributed by atoms with Crippen molar-refractivity contribution in [3.8, 4) is 6.07 Å². The molecule has 1 rings (SSSR count). The van der Waals surface area contributed by atoms with E-state index < -0.39 is 5.97 Å². The second-order valence-electron chi connectivity index (χ2n) is 4.50. The zero-order valence-corrected chi connectivity index (χ0v) is 13.3. The van der Waals surface area contributed by atoms with Crippen molar-refractivity contribution in [1.82, 2.24) is 4.90 Å². The van der Waals surface area contributed by atoms with Crippen molar-refractivity contribution >= 4 is 33.6 Å². The first-order valence-corrected chi connectivity index (χ1v) is 7.16. The predicted molar refractivity (Wildman–Crippen MR) is 82.1 cm³/mol. The Hall–Kier alpha value is -2.07. The summed E-state index contributed by atoms with van der Waals surface area (Å²) in [7, 11) is 0. The summed E-state index contributed by atoms with van der Waals surface area (Å²) < 4.78 is 0.588. The maximum atomic E-state index is 12.2. The quantitative estimate of drug-likeness (QED) is 0.849. The first-order valence-electron chi connectivity index (χ1n) is 6.37. The van der Waals surface area contributed by atoms with Crippen LogP contribution in [0.15, 0.2) is 22.7 Å². The van der Waals surface area contributed by atoms with Gasteiger partial charge in [-0.15, -0.1) is 0 Å². The Morgan fingerprint density at radius 2 is 2.19 bits per heavy atom. The fourth-order valence-corrected chi connectivity index (χ4v) is 2.02. The van der Waals surface area contributed by atoms with Gasteiger partial charge in [0.15, 0.2) is 0 Å². The molecule has 1 unspecified atom stereocenters. The molecule has 1 atom stereocenters. The third kappa shape index (κ3) is 4.76. The van der Waals surface area contributed by atoms with Gasteiger partial charge in [-0.05, 0) is 48.0 Å². The molecule has 0 saturated carbocycles. The molecule has 2 N–H and O–H groups in total. The summed E-state index contributed by atoms with van der Waals surface area (Å²) in [6.07, 6.45) is 0. The third-order valence-corrected chi connectivity index (χ3v) is 3.53. The number of carboxylic acid groups (broad SMARTS) is 1. The van der Waals surface area contributed by atoms with Gasteiger partial charge in [-0.1, -0.05) is 0 Å². The Labute approximate surface area is 131 Å². The first kappa shape index (κ1) is 17.0. The lowest BCUT2D eigenvalue weighted by atomic mass is 10.2. The number of benzene rings is 1. The number of carbonyl (C=O) groups is 2. The highest BCUT2D eigenvalue weighted by molar-refractivity contribution is 9.10. The van der Waals surface area contributed by atoms with Crippen LogP contribution in [0.3, 0.4) is 0 Å². The summed E-state index contributed by atoms with van der Waals surface area (Å²) >= 11 is 3.27. The standard InChI is InChI=1S/C14H16BrN3O3/c1-3-18(8-9(2)7-16)14(21)17-12-6-10(13(19)20)4-5-11(12)15/h4-6,9H,3,8H2,1-2H3,(H,17,21)(H,19,20). The smallest absolute Gasteiger partial charge is 0.335 e. The Morgan fingerprint density at radius 1 is 1.52 bits per heavy atom. The van der Waals surface area contributed by atoms with Crippen LogP contribution < -0.4 is 5.32 Å². The Balaban J connectivity index is 2.89. The second-order valence-corrected chi connectivity index (χ2v) is 5.35. The number of nitriles is 1. The number of nitrogens with one attached hydrogen (secondary N) is 1. The van der Waals surface area contributed by atoms with E-state index in [2.05, 4.69) is 27.3 Å². The average Bonchev–Trinajstić information content (AvgIpc) is 2.46. The number of nitrogens with zero attached hydrogens (tertiary/aromatic N) is 2. The fourth-order valence-electron chi connectivity index (χ4n) is 1.68. The molecule has 0 fully saturated rings. The molecule has 0 saturated heterocycles. The highest BCUT2D eigenvalue weighted by atomic mass is 79.9. The highest BCUT2D eigenvalue weighted by Gasteiger charge is 2.16. The van der Waals surface area contributed by atoms with Crippen LogP contribution in [0.4, 0.5) is 10.5 Å². The molecule has 21 heavy (non-hydrogen) atoms. The average molecular weight is 354 g/mol. The molecule has 7 heteroatoms. The number of amides is 2. The second kappa shape index (κ2) is 7.64. The molecule has 0 radical (unpaired) electrons. The van der Waals surface area contributed by atoms with Crippen molar-refractivity contribution in [2.24, 2.45) is 5.92 Å². The maximum absolute atomic E-state index is 12.2. The monoisotopic (exact) mass is 353 g/mol. The SMILES string of the molecule is CCN(CC(C)C#N)C(=O)Nc1cc(C(=O)O)ccc1Br. The Morgan fingerprint density at radius 3 is 2.71 bits per heavy atom. The number of aromatic carboxylic acids is 1. The number of hydrogen-bond donors (Lipinski definition) is 2. The van der Waals surface area contributed by atoms with Crippen LogP contribution in [-0.2, 0) is 0 Å². The van der Waals surface area contributed by atoms with E-state index in [1.165, 1.54) is 17.0 Å². The molecular formula is C14H16BrN3O3. The van der Waals surface area contributed by atoms with Crippen LogP contribution in [0.25, 0.3) is 0 Å². The van der Waals surface area contributed by atoms with E-state index in [1.54, 1.807) is 13.0 Å². The van der Waals surface area contributed by atoms with Gasteiger partial charge in [-0.2, -0.15) is 5.26 Å². The van der Waals surface area contributed by atoms with Gasteiger partial charge in [0.25, 0.3) is 0 Å². The first-order chi connectivity index (χ1) is 9.88. The van der Waals surface area contributed by atoms with Gasteiger partial charge < -0.3 is 15.3 Å². The lowest BCUT2D eigenvalue weighted by Gasteiger charge is -2.22. The van der Waals surface area contributed by atoms with E-state index in [9.17, 15) is 9.59 Å². The molecule has 0 heterocycles. The molecule has 2 amide bonds. The van der Waals surface area contributed by atoms with Gasteiger partial charge in [0.2, 0.25) is 0 Å². The zero-order chi connectivity index (χ0) is 16.0. The molecule has 0 aromatic heterocycles. The maximum Gasteiger partial charge on any atom is 0.335 e. The number of carboxylic acids is 1. The number of rotatable bonds is 5. The van der Waals surface area contributed by atoms with Crippen LogP contribution in [0.1, 0.15) is 24.2 Å². The van der Waals surface area contributed by atoms with Crippen LogP contribution in [0.2, 0.25) is 0 Å². The van der Waals surface area contributed by atoms with Gasteiger partial charge in [-0.3, -0.25) is 0 Å². The molecule has 0 aliphatic rings. The molecular weight excluding hydrogens is 338 g/mol. The lowest BCUT2D eigenvalue weighted by molar-refractivity contribution is 0.0697. The highest BCUT2D eigenvalue weighted by Crippen LogP contribution is 2.24.